The molecule has 1 unspecified atom stereocenters. The number of hydrogen-bond donors (Lipinski definition) is 0. The number of halogens is 3. The molecule has 1 heterocycles. The summed E-state index contributed by atoms with van der Waals surface area (Å²) in [4.78, 5) is 1.42. The first-order chi connectivity index (χ1) is 12.2. The third-order valence-corrected chi connectivity index (χ3v) is 5.64. The minimum Gasteiger partial charge on any atom is -0.813 e. The number of fused-ring (bicyclic) bond motifs is 4. The zero-order chi connectivity index (χ0) is 17.6. The number of hydrogen-bond acceptors (Lipinski definition) is 2. The molecule has 1 aliphatic heterocycles. The summed E-state index contributed by atoms with van der Waals surface area (Å²) in [7, 11) is 9.87. The fourth-order valence-electron chi connectivity index (χ4n) is 2.90. The minimum absolute atomic E-state index is 0. The SMILES string of the molecule is BrC1=CC2C(=Cc3ccc[c-]c32)S1.[Cl][Zr][Cl].[SH-].[c-]1cccc2c1C=CC2. The second-order valence-electron chi connectivity index (χ2n) is 5.42. The molecule has 0 aromatic heterocycles. The van der Waals surface area contributed by atoms with Gasteiger partial charge < -0.3 is 13.5 Å². The molecule has 0 radical (unpaired) electrons. The van der Waals surface area contributed by atoms with Crippen LogP contribution < -0.4 is 0 Å². The van der Waals surface area contributed by atoms with Crippen molar-refractivity contribution in [3.8, 4) is 0 Å². The van der Waals surface area contributed by atoms with Crippen LogP contribution in [0.4, 0.5) is 0 Å². The van der Waals surface area contributed by atoms with Crippen LogP contribution in [0.3, 0.4) is 0 Å². The van der Waals surface area contributed by atoms with Gasteiger partial charge in [0.05, 0.1) is 3.81 Å². The van der Waals surface area contributed by atoms with Gasteiger partial charge in [-0.1, -0.05) is 30.3 Å². The van der Waals surface area contributed by atoms with E-state index in [0.717, 1.165) is 6.42 Å². The summed E-state index contributed by atoms with van der Waals surface area (Å²) < 4.78 is 1.23. The van der Waals surface area contributed by atoms with Gasteiger partial charge in [-0.05, 0) is 20.8 Å². The average molecular weight is 560 g/mol. The van der Waals surface area contributed by atoms with E-state index in [1.54, 1.807) is 0 Å². The number of benzene rings is 2. The summed E-state index contributed by atoms with van der Waals surface area (Å²) >= 11 is 4.50. The van der Waals surface area contributed by atoms with Gasteiger partial charge in [0, 0.05) is 5.92 Å². The van der Waals surface area contributed by atoms with Gasteiger partial charge in [-0.3, -0.25) is 0 Å². The summed E-state index contributed by atoms with van der Waals surface area (Å²) in [6.45, 7) is 0. The van der Waals surface area contributed by atoms with Crippen molar-refractivity contribution in [2.75, 3.05) is 0 Å². The Morgan fingerprint density at radius 2 is 1.88 bits per heavy atom. The van der Waals surface area contributed by atoms with Gasteiger partial charge in [-0.2, -0.15) is 24.3 Å². The molecule has 26 heavy (non-hydrogen) atoms. The van der Waals surface area contributed by atoms with Crippen molar-refractivity contribution in [1.29, 1.82) is 0 Å². The van der Waals surface area contributed by atoms with Gasteiger partial charge in [0.15, 0.2) is 0 Å². The molecule has 1 atom stereocenters. The van der Waals surface area contributed by atoms with Crippen molar-refractivity contribution < 1.29 is 20.8 Å². The molecule has 0 saturated carbocycles. The molecule has 0 amide bonds. The first kappa shape index (κ1) is 22.6. The van der Waals surface area contributed by atoms with Gasteiger partial charge in [0.1, 0.15) is 0 Å². The zero-order valence-corrected chi connectivity index (χ0v) is 20.8. The summed E-state index contributed by atoms with van der Waals surface area (Å²) in [6, 6.07) is 18.8. The van der Waals surface area contributed by atoms with E-state index < -0.39 is 20.8 Å². The second kappa shape index (κ2) is 11.3. The summed E-state index contributed by atoms with van der Waals surface area (Å²) in [5, 5.41) is 0. The largest absolute Gasteiger partial charge is 0.813 e. The first-order valence-electron chi connectivity index (χ1n) is 7.62. The maximum atomic E-state index is 4.93. The van der Waals surface area contributed by atoms with E-state index in [1.165, 1.54) is 31.0 Å². The maximum Gasteiger partial charge on any atom is -0.0528 e. The van der Waals surface area contributed by atoms with E-state index in [-0.39, 0.29) is 13.5 Å². The van der Waals surface area contributed by atoms with Crippen molar-refractivity contribution in [3.05, 3.63) is 91.7 Å². The molecule has 3 aliphatic rings. The van der Waals surface area contributed by atoms with Crippen LogP contribution in [0, 0.1) is 12.1 Å². The molecule has 2 aliphatic carbocycles. The van der Waals surface area contributed by atoms with Crippen LogP contribution >= 0.6 is 44.7 Å². The molecule has 0 spiro atoms. The Labute approximate surface area is 193 Å². The molecule has 2 aromatic carbocycles. The molecule has 134 valence electrons. The molecule has 5 rings (SSSR count). The zero-order valence-electron chi connectivity index (χ0n) is 13.5. The maximum absolute atomic E-state index is 4.93. The van der Waals surface area contributed by atoms with Crippen LogP contribution in [0.1, 0.15) is 28.2 Å². The molecule has 6 heteroatoms. The molecular weight excluding hydrogens is 546 g/mol. The fourth-order valence-corrected chi connectivity index (χ4v) is 4.65. The summed E-state index contributed by atoms with van der Waals surface area (Å²) in [5.41, 5.74) is 5.31. The van der Waals surface area contributed by atoms with Crippen LogP contribution in [0.15, 0.2) is 57.3 Å². The van der Waals surface area contributed by atoms with Crippen LogP contribution in [-0.4, -0.2) is 0 Å². The molecule has 0 saturated heterocycles. The van der Waals surface area contributed by atoms with Crippen LogP contribution in [-0.2, 0) is 40.8 Å². The molecule has 2 aromatic rings. The minimum atomic E-state index is -0.826. The third kappa shape index (κ3) is 5.66. The predicted molar refractivity (Wildman–Crippen MR) is 119 cm³/mol. The number of thiol groups is 1. The van der Waals surface area contributed by atoms with Gasteiger partial charge in [0.25, 0.3) is 0 Å². The standard InChI is InChI=1S/C11H6BrS.C9H7.2ClH.H2S.Zr/c12-11-6-9-8-4-2-1-3-7(8)5-10(9)13-11;1-2-5-9-7-3-6-8(9)4-1;;;;/h1-3,5-6,9H;1-4,7H,6H2;2*1H;1H2;/q2*-1;;;;+2/p-3. The normalized spacial score (nSPS) is 17.1. The Kier molecular flexibility index (Phi) is 9.85. The van der Waals surface area contributed by atoms with Gasteiger partial charge in [-0.25, -0.2) is 0 Å². The Morgan fingerprint density at radius 1 is 1.15 bits per heavy atom. The van der Waals surface area contributed by atoms with Crippen molar-refractivity contribution in [2.24, 2.45) is 0 Å². The van der Waals surface area contributed by atoms with Crippen LogP contribution in [0.25, 0.3) is 12.2 Å². The Hall–Kier alpha value is 0.303. The van der Waals surface area contributed by atoms with Crippen molar-refractivity contribution >= 4 is 70.4 Å². The van der Waals surface area contributed by atoms with Crippen LogP contribution in [0.5, 0.6) is 0 Å². The molecule has 0 nitrogen and oxygen atoms in total. The van der Waals surface area contributed by atoms with E-state index in [2.05, 4.69) is 64.5 Å². The fraction of sp³-hybridized carbons (Fsp3) is 0.100. The summed E-state index contributed by atoms with van der Waals surface area (Å²) in [5.74, 6) is 0.468. The van der Waals surface area contributed by atoms with E-state index in [1.807, 2.05) is 36.0 Å². The van der Waals surface area contributed by atoms with Crippen LogP contribution in [0.2, 0.25) is 0 Å². The molecular formula is C20H14BrCl2S2Zr-3. The smallest absolute Gasteiger partial charge is 0.0528 e. The van der Waals surface area contributed by atoms with E-state index >= 15 is 0 Å². The quantitative estimate of drug-likeness (QED) is 0.192. The number of allylic oxidation sites excluding steroid dienone is 3. The number of rotatable bonds is 0. The number of thioether (sulfide) groups is 1. The van der Waals surface area contributed by atoms with Gasteiger partial charge in [-0.15, -0.1) is 58.7 Å². The monoisotopic (exact) mass is 557 g/mol. The topological polar surface area (TPSA) is 0 Å². The van der Waals surface area contributed by atoms with Crippen molar-refractivity contribution in [1.82, 2.24) is 0 Å². The molecule has 0 bridgehead atoms. The average Bonchev–Trinajstić information content (AvgIpc) is 3.29. The third-order valence-electron chi connectivity index (χ3n) is 3.95. The van der Waals surface area contributed by atoms with E-state index in [9.17, 15) is 0 Å². The van der Waals surface area contributed by atoms with Gasteiger partial charge >= 0.3 is 37.9 Å². The Bertz CT molecular complexity index is 849. The predicted octanol–water partition coefficient (Wildman–Crippen LogP) is 7.07. The molecule has 0 N–H and O–H groups in total. The second-order valence-corrected chi connectivity index (χ2v) is 11.6. The van der Waals surface area contributed by atoms with Gasteiger partial charge in [0.2, 0.25) is 0 Å². The van der Waals surface area contributed by atoms with E-state index in [4.69, 9.17) is 17.0 Å². The Balaban J connectivity index is 0.000000165. The van der Waals surface area contributed by atoms with Crippen molar-refractivity contribution in [3.63, 3.8) is 0 Å². The van der Waals surface area contributed by atoms with Crippen molar-refractivity contribution in [2.45, 2.75) is 12.3 Å². The first-order valence-corrected chi connectivity index (χ1v) is 15.6. The van der Waals surface area contributed by atoms with E-state index in [0.29, 0.717) is 5.92 Å². The summed E-state index contributed by atoms with van der Waals surface area (Å²) in [6.07, 6.45) is 9.88. The molecule has 0 fully saturated rings. The Morgan fingerprint density at radius 3 is 2.65 bits per heavy atom.